The van der Waals surface area contributed by atoms with Gasteiger partial charge in [0.05, 0.1) is 19.0 Å². The fraction of sp³-hybridized carbons (Fsp3) is 0.303. The molecule has 0 heterocycles. The summed E-state index contributed by atoms with van der Waals surface area (Å²) >= 11 is 0. The first-order chi connectivity index (χ1) is 21.9. The molecule has 1 atom stereocenters. The van der Waals surface area contributed by atoms with E-state index in [1.54, 1.807) is 24.3 Å². The first-order valence-electron chi connectivity index (χ1n) is 14.5. The molecular weight excluding hydrogens is 605 g/mol. The Morgan fingerprint density at radius 3 is 2.09 bits per heavy atom. The third kappa shape index (κ3) is 12.1. The molecule has 13 heteroatoms. The highest BCUT2D eigenvalue weighted by atomic mass is 19.4. The van der Waals surface area contributed by atoms with Gasteiger partial charge in [-0.15, -0.1) is 0 Å². The SMILES string of the molecule is Cc1ccccc1CNC(=O)NCCCCC(=O)NCC(=O)NC(CC(=O)OC(=O)C(F)(F)F)c1ccc(-c2ccccc2)cc1. The van der Waals surface area contributed by atoms with Gasteiger partial charge in [0.15, 0.2) is 0 Å². The van der Waals surface area contributed by atoms with Crippen LogP contribution >= 0.6 is 0 Å². The lowest BCUT2D eigenvalue weighted by molar-refractivity contribution is -0.202. The summed E-state index contributed by atoms with van der Waals surface area (Å²) in [5.41, 5.74) is 4.14. The predicted molar refractivity (Wildman–Crippen MR) is 163 cm³/mol. The van der Waals surface area contributed by atoms with E-state index in [-0.39, 0.29) is 12.5 Å². The lowest BCUT2D eigenvalue weighted by Gasteiger charge is -2.19. The molecule has 244 valence electrons. The number of urea groups is 1. The number of esters is 2. The molecule has 0 fully saturated rings. The van der Waals surface area contributed by atoms with Gasteiger partial charge in [-0.05, 0) is 47.6 Å². The molecule has 1 unspecified atom stereocenters. The second-order valence-electron chi connectivity index (χ2n) is 10.3. The maximum Gasteiger partial charge on any atom is 0.491 e. The van der Waals surface area contributed by atoms with Gasteiger partial charge in [-0.25, -0.2) is 9.59 Å². The molecule has 0 aliphatic heterocycles. The summed E-state index contributed by atoms with van der Waals surface area (Å²) in [7, 11) is 0. The highest BCUT2D eigenvalue weighted by Gasteiger charge is 2.42. The van der Waals surface area contributed by atoms with Crippen molar-refractivity contribution in [3.63, 3.8) is 0 Å². The summed E-state index contributed by atoms with van der Waals surface area (Å²) in [4.78, 5) is 60.2. The Balaban J connectivity index is 1.45. The molecule has 3 aromatic carbocycles. The third-order valence-corrected chi connectivity index (χ3v) is 6.83. The number of carbonyl (C=O) groups excluding carboxylic acids is 5. The number of unbranched alkanes of at least 4 members (excludes halogenated alkanes) is 1. The molecule has 46 heavy (non-hydrogen) atoms. The molecular formula is C33H35F3N4O6. The zero-order valence-electron chi connectivity index (χ0n) is 25.1. The first kappa shape index (κ1) is 35.3. The average molecular weight is 641 g/mol. The Morgan fingerprint density at radius 1 is 0.761 bits per heavy atom. The van der Waals surface area contributed by atoms with Crippen LogP contribution in [0.4, 0.5) is 18.0 Å². The topological polar surface area (TPSA) is 143 Å². The minimum atomic E-state index is -5.36. The van der Waals surface area contributed by atoms with Gasteiger partial charge >= 0.3 is 24.1 Å². The molecule has 0 aliphatic rings. The number of aryl methyl sites for hydroxylation is 1. The van der Waals surface area contributed by atoms with E-state index in [0.717, 1.165) is 22.3 Å². The number of carbonyl (C=O) groups is 5. The predicted octanol–water partition coefficient (Wildman–Crippen LogP) is 4.63. The van der Waals surface area contributed by atoms with Crippen molar-refractivity contribution in [3.8, 4) is 11.1 Å². The molecule has 0 saturated heterocycles. The average Bonchev–Trinajstić information content (AvgIpc) is 3.03. The molecule has 0 aromatic heterocycles. The fourth-order valence-electron chi connectivity index (χ4n) is 4.33. The van der Waals surface area contributed by atoms with Crippen LogP contribution in [0.3, 0.4) is 0 Å². The van der Waals surface area contributed by atoms with Crippen molar-refractivity contribution in [3.05, 3.63) is 95.6 Å². The number of benzene rings is 3. The van der Waals surface area contributed by atoms with E-state index in [1.807, 2.05) is 61.5 Å². The van der Waals surface area contributed by atoms with Crippen LogP contribution in [0.1, 0.15) is 48.4 Å². The van der Waals surface area contributed by atoms with Crippen molar-refractivity contribution in [2.24, 2.45) is 0 Å². The molecule has 0 spiro atoms. The van der Waals surface area contributed by atoms with Gasteiger partial charge in [0.2, 0.25) is 11.8 Å². The molecule has 0 bridgehead atoms. The zero-order valence-corrected chi connectivity index (χ0v) is 25.1. The Labute approximate surface area is 264 Å². The highest BCUT2D eigenvalue weighted by molar-refractivity contribution is 5.89. The fourth-order valence-corrected chi connectivity index (χ4v) is 4.33. The largest absolute Gasteiger partial charge is 0.491 e. The standard InChI is InChI=1S/C33H35F3N4O6/c1-22-9-5-6-12-26(22)20-39-32(45)37-18-8-7-13-28(41)38-21-29(42)40-27(19-30(43)46-31(44)33(34,35)36)25-16-14-24(15-17-25)23-10-3-2-4-11-23/h2-6,9-12,14-17,27H,7-8,13,18-21H2,1H3,(H,38,41)(H,40,42)(H2,37,39,45). The van der Waals surface area contributed by atoms with Crippen molar-refractivity contribution in [1.82, 2.24) is 21.3 Å². The zero-order chi connectivity index (χ0) is 33.5. The third-order valence-electron chi connectivity index (χ3n) is 6.83. The Kier molecular flexibility index (Phi) is 13.3. The van der Waals surface area contributed by atoms with Crippen molar-refractivity contribution in [2.75, 3.05) is 13.1 Å². The minimum absolute atomic E-state index is 0.0794. The van der Waals surface area contributed by atoms with Crippen molar-refractivity contribution in [2.45, 2.75) is 51.4 Å². The van der Waals surface area contributed by atoms with E-state index < -0.39 is 48.9 Å². The molecule has 3 rings (SSSR count). The van der Waals surface area contributed by atoms with E-state index in [9.17, 15) is 37.1 Å². The summed E-state index contributed by atoms with van der Waals surface area (Å²) < 4.78 is 41.6. The maximum absolute atomic E-state index is 12.6. The number of rotatable bonds is 14. The number of halogens is 3. The van der Waals surface area contributed by atoms with E-state index in [2.05, 4.69) is 26.0 Å². The molecule has 3 aromatic rings. The maximum atomic E-state index is 12.6. The number of amides is 4. The second-order valence-corrected chi connectivity index (χ2v) is 10.3. The van der Waals surface area contributed by atoms with Crippen LogP contribution in [0.15, 0.2) is 78.9 Å². The van der Waals surface area contributed by atoms with Crippen LogP contribution in [0.2, 0.25) is 0 Å². The second kappa shape index (κ2) is 17.3. The van der Waals surface area contributed by atoms with Gasteiger partial charge in [0.1, 0.15) is 0 Å². The summed E-state index contributed by atoms with van der Waals surface area (Å²) in [5, 5.41) is 10.4. The number of nitrogens with one attached hydrogen (secondary N) is 4. The van der Waals surface area contributed by atoms with Crippen molar-refractivity contribution < 1.29 is 41.9 Å². The highest BCUT2D eigenvalue weighted by Crippen LogP contribution is 2.24. The summed E-state index contributed by atoms with van der Waals surface area (Å²) in [6.07, 6.45) is -5.11. The quantitative estimate of drug-likeness (QED) is 0.115. The van der Waals surface area contributed by atoms with Gasteiger partial charge in [-0.1, -0.05) is 78.9 Å². The molecule has 0 radical (unpaired) electrons. The van der Waals surface area contributed by atoms with Crippen molar-refractivity contribution in [1.29, 1.82) is 0 Å². The van der Waals surface area contributed by atoms with Crippen LogP contribution in [0.5, 0.6) is 0 Å². The van der Waals surface area contributed by atoms with E-state index >= 15 is 0 Å². The molecule has 0 saturated carbocycles. The van der Waals surface area contributed by atoms with Crippen LogP contribution < -0.4 is 21.3 Å². The van der Waals surface area contributed by atoms with Crippen molar-refractivity contribution >= 4 is 29.8 Å². The Morgan fingerprint density at radius 2 is 1.41 bits per heavy atom. The smallest absolute Gasteiger partial charge is 0.386 e. The molecule has 4 amide bonds. The van der Waals surface area contributed by atoms with Crippen LogP contribution in [-0.2, 0) is 30.5 Å². The van der Waals surface area contributed by atoms with E-state index in [1.165, 1.54) is 0 Å². The normalized spacial score (nSPS) is 11.6. The number of hydrogen-bond acceptors (Lipinski definition) is 6. The monoisotopic (exact) mass is 640 g/mol. The Hall–Kier alpha value is -5.20. The van der Waals surface area contributed by atoms with Gasteiger partial charge in [-0.3, -0.25) is 14.4 Å². The van der Waals surface area contributed by atoms with E-state index in [4.69, 9.17) is 0 Å². The first-order valence-corrected chi connectivity index (χ1v) is 14.5. The summed E-state index contributed by atoms with van der Waals surface area (Å²) in [5.74, 6) is -5.29. The molecule has 10 nitrogen and oxygen atoms in total. The molecule has 4 N–H and O–H groups in total. The van der Waals surface area contributed by atoms with Gasteiger partial charge in [0.25, 0.3) is 0 Å². The lowest BCUT2D eigenvalue weighted by Crippen LogP contribution is -2.39. The van der Waals surface area contributed by atoms with Crippen LogP contribution in [-0.4, -0.2) is 49.0 Å². The number of hydrogen-bond donors (Lipinski definition) is 4. The number of alkyl halides is 3. The lowest BCUT2D eigenvalue weighted by atomic mass is 9.99. The van der Waals surface area contributed by atoms with Gasteiger partial charge < -0.3 is 26.0 Å². The number of ether oxygens (including phenoxy) is 1. The summed E-state index contributed by atoms with van der Waals surface area (Å²) in [6, 6.07) is 22.1. The Bertz CT molecular complexity index is 1500. The molecule has 0 aliphatic carbocycles. The van der Waals surface area contributed by atoms with Gasteiger partial charge in [-0.2, -0.15) is 13.2 Å². The van der Waals surface area contributed by atoms with Crippen LogP contribution in [0.25, 0.3) is 11.1 Å². The van der Waals surface area contributed by atoms with E-state index in [0.29, 0.717) is 31.5 Å². The minimum Gasteiger partial charge on any atom is -0.386 e. The van der Waals surface area contributed by atoms with Gasteiger partial charge in [0, 0.05) is 19.5 Å². The van der Waals surface area contributed by atoms with Crippen LogP contribution in [0, 0.1) is 6.92 Å². The summed E-state index contributed by atoms with van der Waals surface area (Å²) in [6.45, 7) is 2.21.